The Morgan fingerprint density at radius 3 is 2.24 bits per heavy atom. The third-order valence-electron chi connectivity index (χ3n) is 2.20. The summed E-state index contributed by atoms with van der Waals surface area (Å²) in [6.07, 6.45) is 1.78. The summed E-state index contributed by atoms with van der Waals surface area (Å²) < 4.78 is 0.446. The quantitative estimate of drug-likeness (QED) is 0.357. The molecule has 0 atom stereocenters. The molecule has 0 unspecified atom stereocenters. The number of hydrogen-bond donors (Lipinski definition) is 0. The average Bonchev–Trinajstić information content (AvgIpc) is 2.21. The van der Waals surface area contributed by atoms with E-state index in [1.165, 1.54) is 0 Å². The van der Waals surface area contributed by atoms with E-state index in [4.69, 9.17) is 23.2 Å². The number of benzene rings is 1. The summed E-state index contributed by atoms with van der Waals surface area (Å²) in [4.78, 5) is 1.90. The van der Waals surface area contributed by atoms with Gasteiger partial charge in [-0.1, -0.05) is 34.4 Å². The Bertz CT molecular complexity index is 394. The highest BCUT2D eigenvalue weighted by Gasteiger charge is 2.19. The van der Waals surface area contributed by atoms with E-state index in [2.05, 4.69) is 5.10 Å². The Balaban J connectivity index is 2.90. The molecule has 0 amide bonds. The average molecular weight is 275 g/mol. The fourth-order valence-electron chi connectivity index (χ4n) is 1.35. The van der Waals surface area contributed by atoms with Gasteiger partial charge in [-0.15, -0.1) is 0 Å². The lowest BCUT2D eigenvalue weighted by molar-refractivity contribution is -0.910. The van der Waals surface area contributed by atoms with Gasteiger partial charge in [-0.3, -0.25) is 0 Å². The molecule has 3 nitrogen and oxygen atoms in total. The van der Waals surface area contributed by atoms with E-state index >= 15 is 0 Å². The summed E-state index contributed by atoms with van der Waals surface area (Å²) in [5, 5.41) is 5.82. The second kappa shape index (κ2) is 5.71. The molecule has 0 spiro atoms. The minimum absolute atomic E-state index is 0.446. The summed E-state index contributed by atoms with van der Waals surface area (Å²) in [6.45, 7) is 0.656. The summed E-state index contributed by atoms with van der Waals surface area (Å²) in [5.74, 6) is 0. The highest BCUT2D eigenvalue weighted by molar-refractivity contribution is 6.35. The van der Waals surface area contributed by atoms with E-state index in [-0.39, 0.29) is 0 Å². The van der Waals surface area contributed by atoms with Gasteiger partial charge in [0.1, 0.15) is 12.9 Å². The van der Waals surface area contributed by atoms with E-state index in [9.17, 15) is 0 Å². The predicted octanol–water partition coefficient (Wildman–Crippen LogP) is 3.07. The number of rotatable bonds is 4. The van der Waals surface area contributed by atoms with Crippen LogP contribution in [0.4, 0.5) is 0 Å². The van der Waals surface area contributed by atoms with Crippen molar-refractivity contribution in [2.45, 2.75) is 6.54 Å². The van der Waals surface area contributed by atoms with Gasteiger partial charge in [-0.25, -0.2) is 0 Å². The van der Waals surface area contributed by atoms with Crippen LogP contribution in [-0.2, 0) is 6.54 Å². The first-order valence-electron chi connectivity index (χ1n) is 5.30. The number of quaternary nitrogens is 1. The second-order valence-corrected chi connectivity index (χ2v) is 5.49. The van der Waals surface area contributed by atoms with Gasteiger partial charge in [0.05, 0.1) is 24.1 Å². The van der Waals surface area contributed by atoms with E-state index in [0.717, 1.165) is 5.56 Å². The predicted molar refractivity (Wildman–Crippen MR) is 74.5 cm³/mol. The molecule has 0 heterocycles. The maximum Gasteiger partial charge on any atom is 0.146 e. The van der Waals surface area contributed by atoms with Crippen LogP contribution in [0.15, 0.2) is 23.3 Å². The van der Waals surface area contributed by atoms with Gasteiger partial charge in [0.25, 0.3) is 0 Å². The first-order chi connectivity index (χ1) is 7.82. The molecule has 0 aliphatic rings. The monoisotopic (exact) mass is 274 g/mol. The van der Waals surface area contributed by atoms with E-state index < -0.39 is 0 Å². The normalized spacial score (nSPS) is 12.1. The third kappa shape index (κ3) is 4.54. The number of hydrogen-bond acceptors (Lipinski definition) is 1. The van der Waals surface area contributed by atoms with Crippen LogP contribution in [0.3, 0.4) is 0 Å². The van der Waals surface area contributed by atoms with Crippen molar-refractivity contribution in [1.29, 1.82) is 0 Å². The Morgan fingerprint density at radius 1 is 1.24 bits per heavy atom. The van der Waals surface area contributed by atoms with Crippen molar-refractivity contribution >= 4 is 29.5 Å². The molecular formula is C12H18Cl2N3+. The van der Waals surface area contributed by atoms with E-state index in [1.807, 2.05) is 51.3 Å². The highest BCUT2D eigenvalue weighted by Crippen LogP contribution is 2.26. The molecule has 0 N–H and O–H groups in total. The molecule has 0 aliphatic carbocycles. The zero-order valence-corrected chi connectivity index (χ0v) is 12.1. The number of nitrogens with zero attached hydrogens (tertiary/aromatic N) is 3. The summed E-state index contributed by atoms with van der Waals surface area (Å²) in [5.41, 5.74) is 0.928. The molecule has 0 aliphatic heterocycles. The van der Waals surface area contributed by atoms with Crippen LogP contribution in [0, 0.1) is 0 Å². The zero-order chi connectivity index (χ0) is 13.1. The Kier molecular flexibility index (Phi) is 4.80. The molecule has 0 saturated carbocycles. The van der Waals surface area contributed by atoms with Crippen LogP contribution in [0.25, 0.3) is 0 Å². The van der Waals surface area contributed by atoms with Gasteiger partial charge in [0, 0.05) is 19.7 Å². The van der Waals surface area contributed by atoms with Crippen LogP contribution < -0.4 is 0 Å². The van der Waals surface area contributed by atoms with Gasteiger partial charge in [-0.05, 0) is 12.1 Å². The molecular weight excluding hydrogens is 257 g/mol. The molecule has 1 aromatic carbocycles. The lowest BCUT2D eigenvalue weighted by atomic mass is 10.2. The molecule has 0 radical (unpaired) electrons. The molecule has 17 heavy (non-hydrogen) atoms. The van der Waals surface area contributed by atoms with E-state index in [1.54, 1.807) is 6.34 Å². The third-order valence-corrected chi connectivity index (χ3v) is 2.91. The molecule has 1 aromatic rings. The SMILES string of the molecule is CN(C)/C=N\[N+](C)(C)Cc1c(Cl)cccc1Cl. The van der Waals surface area contributed by atoms with Crippen LogP contribution in [0.1, 0.15) is 5.56 Å². The first kappa shape index (κ1) is 14.3. The maximum atomic E-state index is 6.14. The minimum Gasteiger partial charge on any atom is -0.364 e. The van der Waals surface area contributed by atoms with Crippen molar-refractivity contribution in [2.24, 2.45) is 5.10 Å². The van der Waals surface area contributed by atoms with Crippen molar-refractivity contribution in [3.63, 3.8) is 0 Å². The zero-order valence-electron chi connectivity index (χ0n) is 10.6. The lowest BCUT2D eigenvalue weighted by Crippen LogP contribution is -2.34. The Morgan fingerprint density at radius 2 is 1.76 bits per heavy atom. The minimum atomic E-state index is 0.446. The molecule has 0 aromatic heterocycles. The van der Waals surface area contributed by atoms with Gasteiger partial charge >= 0.3 is 0 Å². The Labute approximate surface area is 113 Å². The largest absolute Gasteiger partial charge is 0.364 e. The molecule has 94 valence electrons. The van der Waals surface area contributed by atoms with Gasteiger partial charge in [0.15, 0.2) is 0 Å². The van der Waals surface area contributed by atoms with Crippen LogP contribution >= 0.6 is 23.2 Å². The van der Waals surface area contributed by atoms with Crippen molar-refractivity contribution < 1.29 is 4.59 Å². The maximum absolute atomic E-state index is 6.14. The summed E-state index contributed by atoms with van der Waals surface area (Å²) in [6, 6.07) is 5.54. The van der Waals surface area contributed by atoms with Crippen molar-refractivity contribution in [2.75, 3.05) is 28.2 Å². The standard InChI is InChI=1S/C12H18Cl2N3/c1-16(2)9-15-17(3,4)8-10-11(13)6-5-7-12(10)14/h5-7,9H,8H2,1-4H3/q+1/b15-9-. The fraction of sp³-hybridized carbons (Fsp3) is 0.417. The molecule has 0 bridgehead atoms. The van der Waals surface area contributed by atoms with Crippen LogP contribution in [0.5, 0.6) is 0 Å². The second-order valence-electron chi connectivity index (χ2n) is 4.67. The Hall–Kier alpha value is -0.770. The van der Waals surface area contributed by atoms with Crippen LogP contribution in [-0.4, -0.2) is 44.0 Å². The van der Waals surface area contributed by atoms with Gasteiger partial charge in [-0.2, -0.15) is 4.59 Å². The summed E-state index contributed by atoms with van der Waals surface area (Å²) >= 11 is 12.3. The van der Waals surface area contributed by atoms with Crippen molar-refractivity contribution in [1.82, 2.24) is 4.90 Å². The first-order valence-corrected chi connectivity index (χ1v) is 6.05. The fourth-order valence-corrected chi connectivity index (χ4v) is 1.87. The van der Waals surface area contributed by atoms with E-state index in [0.29, 0.717) is 21.2 Å². The molecule has 0 fully saturated rings. The highest BCUT2D eigenvalue weighted by atomic mass is 35.5. The molecule has 1 rings (SSSR count). The molecule has 0 saturated heterocycles. The molecule has 5 heteroatoms. The van der Waals surface area contributed by atoms with Gasteiger partial charge < -0.3 is 4.90 Å². The summed E-state index contributed by atoms with van der Waals surface area (Å²) in [7, 11) is 7.87. The topological polar surface area (TPSA) is 15.6 Å². The van der Waals surface area contributed by atoms with Gasteiger partial charge in [0.2, 0.25) is 0 Å². The van der Waals surface area contributed by atoms with Crippen LogP contribution in [0.2, 0.25) is 10.0 Å². The smallest absolute Gasteiger partial charge is 0.146 e. The van der Waals surface area contributed by atoms with Crippen molar-refractivity contribution in [3.8, 4) is 0 Å². The number of halogens is 2. The van der Waals surface area contributed by atoms with Crippen molar-refractivity contribution in [3.05, 3.63) is 33.8 Å². The lowest BCUT2D eigenvalue weighted by Gasteiger charge is -2.23.